The van der Waals surface area contributed by atoms with Gasteiger partial charge in [-0.25, -0.2) is 9.59 Å². The average molecular weight is 471 g/mol. The molecule has 0 saturated heterocycles. The van der Waals surface area contributed by atoms with E-state index in [1.807, 2.05) is 36.4 Å². The molecule has 0 spiro atoms. The number of nitrogens with one attached hydrogen (secondary N) is 2. The van der Waals surface area contributed by atoms with Gasteiger partial charge >= 0.3 is 12.1 Å². The molecule has 0 bridgehead atoms. The van der Waals surface area contributed by atoms with E-state index >= 15 is 0 Å². The summed E-state index contributed by atoms with van der Waals surface area (Å²) in [6.45, 7) is 1.75. The molecule has 2 aromatic rings. The second-order valence-electron chi connectivity index (χ2n) is 8.09. The predicted molar refractivity (Wildman–Crippen MR) is 125 cm³/mol. The molecular weight excluding hydrogens is 440 g/mol. The van der Waals surface area contributed by atoms with Crippen LogP contribution in [0.15, 0.2) is 48.5 Å². The molecule has 0 saturated carbocycles. The maximum atomic E-state index is 12.3. The van der Waals surface area contributed by atoms with Crippen molar-refractivity contribution in [2.75, 3.05) is 27.4 Å². The molecule has 0 aliphatic heterocycles. The number of carbonyl (C=O) groups is 3. The molecule has 34 heavy (non-hydrogen) atoms. The van der Waals surface area contributed by atoms with Gasteiger partial charge in [0.05, 0.1) is 18.6 Å². The third kappa shape index (κ3) is 5.92. The molecule has 0 heterocycles. The molecule has 1 unspecified atom stereocenters. The van der Waals surface area contributed by atoms with Crippen molar-refractivity contribution in [2.45, 2.75) is 37.5 Å². The molecule has 3 atom stereocenters. The number of aliphatic carboxylic acids is 1. The van der Waals surface area contributed by atoms with Crippen LogP contribution in [0.5, 0.6) is 0 Å². The molecule has 3 rings (SSSR count). The number of fused-ring (bicyclic) bond motifs is 3. The maximum Gasteiger partial charge on any atom is 0.407 e. The van der Waals surface area contributed by atoms with Gasteiger partial charge in [-0.3, -0.25) is 4.79 Å². The lowest BCUT2D eigenvalue weighted by atomic mass is 9.98. The predicted octanol–water partition coefficient (Wildman–Crippen LogP) is 2.53. The number of hydrogen-bond donors (Lipinski definition) is 3. The van der Waals surface area contributed by atoms with Crippen LogP contribution in [0.4, 0.5) is 4.79 Å². The molecular formula is C25H30N2O7. The molecule has 182 valence electrons. The SMILES string of the molecule is COC(CNC(=O)OCC1c2ccccc2-c2ccccc21)CC(=O)N[C@H](C(=O)O)[C@@H](C)OC. The third-order valence-corrected chi connectivity index (χ3v) is 5.99. The molecule has 9 heteroatoms. The molecule has 1 aliphatic carbocycles. The van der Waals surface area contributed by atoms with Crippen molar-refractivity contribution in [3.63, 3.8) is 0 Å². The number of carboxylic acids is 1. The minimum Gasteiger partial charge on any atom is -0.480 e. The highest BCUT2D eigenvalue weighted by atomic mass is 16.5. The minimum absolute atomic E-state index is 0.0260. The van der Waals surface area contributed by atoms with Crippen LogP contribution < -0.4 is 10.6 Å². The van der Waals surface area contributed by atoms with Crippen LogP contribution in [-0.4, -0.2) is 68.7 Å². The summed E-state index contributed by atoms with van der Waals surface area (Å²) in [6.07, 6.45) is -2.13. The summed E-state index contributed by atoms with van der Waals surface area (Å²) in [5.41, 5.74) is 4.50. The first kappa shape index (κ1) is 25.2. The van der Waals surface area contributed by atoms with Gasteiger partial charge in [0.2, 0.25) is 5.91 Å². The Morgan fingerprint density at radius 2 is 1.56 bits per heavy atom. The number of amides is 2. The topological polar surface area (TPSA) is 123 Å². The fourth-order valence-corrected chi connectivity index (χ4v) is 4.04. The van der Waals surface area contributed by atoms with E-state index in [9.17, 15) is 19.5 Å². The van der Waals surface area contributed by atoms with Crippen molar-refractivity contribution < 1.29 is 33.7 Å². The van der Waals surface area contributed by atoms with Crippen molar-refractivity contribution in [1.29, 1.82) is 0 Å². The van der Waals surface area contributed by atoms with Crippen molar-refractivity contribution in [3.05, 3.63) is 59.7 Å². The summed E-state index contributed by atoms with van der Waals surface area (Å²) in [5.74, 6) is -1.79. The average Bonchev–Trinajstić information content (AvgIpc) is 3.16. The summed E-state index contributed by atoms with van der Waals surface area (Å²) in [7, 11) is 2.77. The molecule has 9 nitrogen and oxygen atoms in total. The van der Waals surface area contributed by atoms with Gasteiger partial charge < -0.3 is 30.0 Å². The Morgan fingerprint density at radius 3 is 2.09 bits per heavy atom. The summed E-state index contributed by atoms with van der Waals surface area (Å²) in [4.78, 5) is 36.0. The Kier molecular flexibility index (Phi) is 8.61. The first-order valence-corrected chi connectivity index (χ1v) is 11.0. The van der Waals surface area contributed by atoms with Crippen LogP contribution in [0.1, 0.15) is 30.4 Å². The lowest BCUT2D eigenvalue weighted by Gasteiger charge is -2.22. The van der Waals surface area contributed by atoms with Crippen LogP contribution in [0, 0.1) is 0 Å². The smallest absolute Gasteiger partial charge is 0.407 e. The van der Waals surface area contributed by atoms with E-state index in [2.05, 4.69) is 22.8 Å². The quantitative estimate of drug-likeness (QED) is 0.461. The number of hydrogen-bond acceptors (Lipinski definition) is 6. The number of carboxylic acid groups (broad SMARTS) is 1. The number of alkyl carbamates (subject to hydrolysis) is 1. The molecule has 0 aromatic heterocycles. The van der Waals surface area contributed by atoms with E-state index in [4.69, 9.17) is 14.2 Å². The van der Waals surface area contributed by atoms with E-state index in [0.29, 0.717) is 0 Å². The summed E-state index contributed by atoms with van der Waals surface area (Å²) >= 11 is 0. The zero-order valence-corrected chi connectivity index (χ0v) is 19.4. The highest BCUT2D eigenvalue weighted by Crippen LogP contribution is 2.44. The van der Waals surface area contributed by atoms with Gasteiger partial charge in [-0.05, 0) is 29.2 Å². The number of carbonyl (C=O) groups excluding carboxylic acids is 2. The van der Waals surface area contributed by atoms with E-state index in [1.165, 1.54) is 14.2 Å². The number of methoxy groups -OCH3 is 2. The second-order valence-corrected chi connectivity index (χ2v) is 8.09. The fourth-order valence-electron chi connectivity index (χ4n) is 4.04. The van der Waals surface area contributed by atoms with Gasteiger partial charge in [-0.1, -0.05) is 48.5 Å². The number of rotatable bonds is 11. The van der Waals surface area contributed by atoms with Crippen LogP contribution in [0.25, 0.3) is 11.1 Å². The Labute approximate surface area is 198 Å². The van der Waals surface area contributed by atoms with Crippen LogP contribution in [-0.2, 0) is 23.8 Å². The van der Waals surface area contributed by atoms with Crippen molar-refractivity contribution >= 4 is 18.0 Å². The van der Waals surface area contributed by atoms with Gasteiger partial charge in [-0.2, -0.15) is 0 Å². The second kappa shape index (κ2) is 11.6. The van der Waals surface area contributed by atoms with Gasteiger partial charge in [0.15, 0.2) is 6.04 Å². The fraction of sp³-hybridized carbons (Fsp3) is 0.400. The minimum atomic E-state index is -1.20. The molecule has 2 amide bonds. The van der Waals surface area contributed by atoms with Crippen molar-refractivity contribution in [2.24, 2.45) is 0 Å². The zero-order chi connectivity index (χ0) is 24.7. The van der Waals surface area contributed by atoms with Crippen LogP contribution in [0.3, 0.4) is 0 Å². The Bertz CT molecular complexity index is 980. The summed E-state index contributed by atoms with van der Waals surface area (Å²) in [6, 6.07) is 14.9. The van der Waals surface area contributed by atoms with Crippen molar-refractivity contribution in [3.8, 4) is 11.1 Å². The highest BCUT2D eigenvalue weighted by Gasteiger charge is 2.30. The van der Waals surface area contributed by atoms with Gasteiger partial charge in [0.25, 0.3) is 0 Å². The standard InChI is InChI=1S/C25H30N2O7/c1-15(32-2)23(24(29)30)27-22(28)12-16(33-3)13-26-25(31)34-14-21-19-10-6-4-8-17(19)18-9-5-7-11-20(18)21/h4-11,15-16,21,23H,12-14H2,1-3H3,(H,26,31)(H,27,28)(H,29,30)/t15-,16?,23+/m1/s1. The zero-order valence-electron chi connectivity index (χ0n) is 19.4. The largest absolute Gasteiger partial charge is 0.480 e. The summed E-state index contributed by atoms with van der Waals surface area (Å²) in [5, 5.41) is 14.3. The normalized spacial score (nSPS) is 14.9. The molecule has 0 radical (unpaired) electrons. The summed E-state index contributed by atoms with van der Waals surface area (Å²) < 4.78 is 15.7. The first-order chi connectivity index (χ1) is 16.3. The molecule has 2 aromatic carbocycles. The maximum absolute atomic E-state index is 12.3. The van der Waals surface area contributed by atoms with E-state index < -0.39 is 36.2 Å². The third-order valence-electron chi connectivity index (χ3n) is 5.99. The molecule has 1 aliphatic rings. The van der Waals surface area contributed by atoms with Gasteiger partial charge in [0, 0.05) is 26.7 Å². The monoisotopic (exact) mass is 470 g/mol. The molecule has 0 fully saturated rings. The van der Waals surface area contributed by atoms with Crippen LogP contribution >= 0.6 is 0 Å². The number of ether oxygens (including phenoxy) is 3. The Balaban J connectivity index is 1.51. The molecule has 3 N–H and O–H groups in total. The highest BCUT2D eigenvalue weighted by molar-refractivity contribution is 5.84. The Morgan fingerprint density at radius 1 is 0.971 bits per heavy atom. The van der Waals surface area contributed by atoms with E-state index in [1.54, 1.807) is 6.92 Å². The van der Waals surface area contributed by atoms with E-state index in [-0.39, 0.29) is 25.5 Å². The lowest BCUT2D eigenvalue weighted by Crippen LogP contribution is -2.49. The number of benzene rings is 2. The van der Waals surface area contributed by atoms with Gasteiger partial charge in [0.1, 0.15) is 6.61 Å². The van der Waals surface area contributed by atoms with E-state index in [0.717, 1.165) is 22.3 Å². The lowest BCUT2D eigenvalue weighted by molar-refractivity contribution is -0.145. The van der Waals surface area contributed by atoms with Crippen molar-refractivity contribution in [1.82, 2.24) is 10.6 Å². The van der Waals surface area contributed by atoms with Gasteiger partial charge in [-0.15, -0.1) is 0 Å². The van der Waals surface area contributed by atoms with Crippen LogP contribution in [0.2, 0.25) is 0 Å². The first-order valence-electron chi connectivity index (χ1n) is 11.0. The Hall–Kier alpha value is -3.43.